The molecule has 2 N–H and O–H groups in total. The number of benzene rings is 4. The van der Waals surface area contributed by atoms with E-state index in [0.717, 1.165) is 63.1 Å². The average molecular weight is 938 g/mol. The second-order valence-corrected chi connectivity index (χ2v) is 19.1. The number of hydrogen-bond acceptors (Lipinski definition) is 8. The molecule has 15 heteroatoms. The first-order valence-corrected chi connectivity index (χ1v) is 24.0. The van der Waals surface area contributed by atoms with Crippen LogP contribution in [0.2, 0.25) is 0 Å². The van der Waals surface area contributed by atoms with Crippen LogP contribution in [0.4, 0.5) is 11.4 Å². The molecule has 0 bridgehead atoms. The number of nitrogens with zero attached hydrogens (tertiary/aromatic N) is 4. The second-order valence-electron chi connectivity index (χ2n) is 14.6. The summed E-state index contributed by atoms with van der Waals surface area (Å²) in [6.45, 7) is 7.85. The van der Waals surface area contributed by atoms with E-state index < -0.39 is 20.0 Å². The Kier molecular flexibility index (Phi) is 15.6. The van der Waals surface area contributed by atoms with E-state index in [4.69, 9.17) is 0 Å². The molecule has 2 amide bonds. The Hall–Kier alpha value is -5.58. The molecule has 8 rings (SSSR count). The number of aromatic nitrogens is 2. The fraction of sp³-hybridized carbons (Fsp3) is 0.234. The molecule has 0 atom stereocenters. The summed E-state index contributed by atoms with van der Waals surface area (Å²) in [6, 6.07) is 32.9. The number of fused-ring (bicyclic) bond motifs is 2. The standard InChI is InChI=1S/C23H23N3O3S.C12H11BrN2O2S.C12H15NO/c1-2-23(27)26-13-11-20-14-19(7-10-22(20)26)18-5-8-21(9-6-18)30(28,29)25-16-17-4-3-12-24-15-17;13-11-3-5-12(6-4-11)18(16,17)15-9-10-2-1-7-14-8-10;1-3-12(14)13-7-6-10-8-9(2)4-5-11(10)13/h3-10,12,14-15,25H,2,11,13,16H2,1H3;1-8,15H,9H2;4-5,8H,3,6-7H2,1-2H3. The number of aryl methyl sites for hydroxylation is 1. The molecule has 2 aromatic heterocycles. The minimum absolute atomic E-state index is 0.134. The largest absolute Gasteiger partial charge is 0.312 e. The molecular formula is C47H49BrN6O6S2. The van der Waals surface area contributed by atoms with E-state index in [1.807, 2.05) is 60.0 Å². The molecule has 0 saturated carbocycles. The first kappa shape index (κ1) is 45.9. The number of rotatable bonds is 11. The molecule has 62 heavy (non-hydrogen) atoms. The van der Waals surface area contributed by atoms with Crippen LogP contribution in [0.5, 0.6) is 0 Å². The second kappa shape index (κ2) is 21.0. The monoisotopic (exact) mass is 936 g/mol. The lowest BCUT2D eigenvalue weighted by Crippen LogP contribution is -2.27. The lowest BCUT2D eigenvalue weighted by molar-refractivity contribution is -0.119. The molecule has 0 spiro atoms. The zero-order chi connectivity index (χ0) is 44.3. The summed E-state index contributed by atoms with van der Waals surface area (Å²) >= 11 is 3.26. The van der Waals surface area contributed by atoms with Gasteiger partial charge in [-0.3, -0.25) is 19.6 Å². The van der Waals surface area contributed by atoms with Gasteiger partial charge >= 0.3 is 0 Å². The fourth-order valence-corrected chi connectivity index (χ4v) is 9.28. The van der Waals surface area contributed by atoms with Crippen molar-refractivity contribution in [3.63, 3.8) is 0 Å². The van der Waals surface area contributed by atoms with Gasteiger partial charge in [0.25, 0.3) is 0 Å². The van der Waals surface area contributed by atoms with E-state index in [1.54, 1.807) is 73.3 Å². The average Bonchev–Trinajstić information content (AvgIpc) is 3.93. The van der Waals surface area contributed by atoms with Gasteiger partial charge in [0, 0.05) is 79.7 Å². The summed E-state index contributed by atoms with van der Waals surface area (Å²) in [5, 5.41) is 0. The summed E-state index contributed by atoms with van der Waals surface area (Å²) in [4.78, 5) is 35.8. The maximum atomic E-state index is 12.6. The number of pyridine rings is 2. The third-order valence-electron chi connectivity index (χ3n) is 10.3. The van der Waals surface area contributed by atoms with Crippen LogP contribution in [0.15, 0.2) is 148 Å². The molecule has 4 aromatic carbocycles. The van der Waals surface area contributed by atoms with Crippen molar-refractivity contribution >= 4 is 59.2 Å². The number of sulfonamides is 2. The number of nitrogens with one attached hydrogen (secondary N) is 2. The Labute approximate surface area is 372 Å². The lowest BCUT2D eigenvalue weighted by Gasteiger charge is -2.16. The van der Waals surface area contributed by atoms with Gasteiger partial charge < -0.3 is 9.80 Å². The molecule has 6 aromatic rings. The first-order chi connectivity index (χ1) is 29.8. The number of hydrogen-bond donors (Lipinski definition) is 2. The highest BCUT2D eigenvalue weighted by atomic mass is 79.9. The van der Waals surface area contributed by atoms with Gasteiger partial charge in [-0.15, -0.1) is 0 Å². The summed E-state index contributed by atoms with van der Waals surface area (Å²) in [6.07, 6.45) is 9.47. The summed E-state index contributed by atoms with van der Waals surface area (Å²) in [5.41, 5.74) is 9.37. The van der Waals surface area contributed by atoms with Gasteiger partial charge in [0.2, 0.25) is 31.9 Å². The highest BCUT2D eigenvalue weighted by Crippen LogP contribution is 2.33. The zero-order valence-corrected chi connectivity index (χ0v) is 38.0. The highest BCUT2D eigenvalue weighted by molar-refractivity contribution is 9.10. The van der Waals surface area contributed by atoms with Crippen molar-refractivity contribution < 1.29 is 26.4 Å². The maximum absolute atomic E-state index is 12.6. The topological polar surface area (TPSA) is 159 Å². The van der Waals surface area contributed by atoms with Crippen LogP contribution in [0, 0.1) is 6.92 Å². The highest BCUT2D eigenvalue weighted by Gasteiger charge is 2.25. The van der Waals surface area contributed by atoms with E-state index in [2.05, 4.69) is 66.5 Å². The van der Waals surface area contributed by atoms with E-state index in [1.165, 1.54) is 11.1 Å². The van der Waals surface area contributed by atoms with Crippen molar-refractivity contribution in [3.05, 3.63) is 166 Å². The van der Waals surface area contributed by atoms with Gasteiger partial charge in [-0.05, 0) is 120 Å². The van der Waals surface area contributed by atoms with Crippen molar-refractivity contribution in [1.29, 1.82) is 0 Å². The van der Waals surface area contributed by atoms with Gasteiger partial charge in [0.15, 0.2) is 0 Å². The Morgan fingerprint density at radius 3 is 1.53 bits per heavy atom. The number of anilines is 2. The Balaban J connectivity index is 0.000000170. The number of amides is 2. The van der Waals surface area contributed by atoms with Gasteiger partial charge in [-0.2, -0.15) is 0 Å². The molecule has 0 aliphatic carbocycles. The smallest absolute Gasteiger partial charge is 0.240 e. The summed E-state index contributed by atoms with van der Waals surface area (Å²) < 4.78 is 55.0. The van der Waals surface area contributed by atoms with Crippen molar-refractivity contribution in [1.82, 2.24) is 19.4 Å². The van der Waals surface area contributed by atoms with Crippen molar-refractivity contribution in [3.8, 4) is 11.1 Å². The molecule has 322 valence electrons. The quantitative estimate of drug-likeness (QED) is 0.132. The third kappa shape index (κ3) is 11.9. The molecule has 0 unspecified atom stereocenters. The van der Waals surface area contributed by atoms with Gasteiger partial charge in [0.1, 0.15) is 0 Å². The Morgan fingerprint density at radius 1 is 0.613 bits per heavy atom. The van der Waals surface area contributed by atoms with Crippen LogP contribution >= 0.6 is 15.9 Å². The molecule has 0 fully saturated rings. The molecule has 4 heterocycles. The van der Waals surface area contributed by atoms with E-state index in [0.29, 0.717) is 19.4 Å². The van der Waals surface area contributed by atoms with Crippen molar-refractivity contribution in [2.24, 2.45) is 0 Å². The molecule has 2 aliphatic rings. The minimum atomic E-state index is -3.61. The Morgan fingerprint density at radius 2 is 1.06 bits per heavy atom. The van der Waals surface area contributed by atoms with E-state index in [-0.39, 0.29) is 34.7 Å². The molecule has 12 nitrogen and oxygen atoms in total. The predicted molar refractivity (Wildman–Crippen MR) is 246 cm³/mol. The van der Waals surface area contributed by atoms with Crippen LogP contribution in [-0.4, -0.2) is 51.7 Å². The summed E-state index contributed by atoms with van der Waals surface area (Å²) in [5.74, 6) is 0.363. The zero-order valence-electron chi connectivity index (χ0n) is 34.8. The van der Waals surface area contributed by atoms with Crippen molar-refractivity contribution in [2.75, 3.05) is 22.9 Å². The van der Waals surface area contributed by atoms with Gasteiger partial charge in [-0.25, -0.2) is 26.3 Å². The normalized spacial score (nSPS) is 13.0. The molecule has 0 radical (unpaired) electrons. The lowest BCUT2D eigenvalue weighted by atomic mass is 10.0. The van der Waals surface area contributed by atoms with Crippen LogP contribution < -0.4 is 19.2 Å². The number of carbonyl (C=O) groups excluding carboxylic acids is 2. The van der Waals surface area contributed by atoms with Crippen LogP contribution in [-0.2, 0) is 55.6 Å². The molecular weight excluding hydrogens is 889 g/mol. The van der Waals surface area contributed by atoms with Crippen molar-refractivity contribution in [2.45, 2.75) is 69.3 Å². The SMILES string of the molecule is CCC(=O)N1CCc2cc(-c3ccc(S(=O)(=O)NCc4cccnc4)cc3)ccc21.CCC(=O)N1CCc2cc(C)ccc21.O=S(=O)(NCc1cccnc1)c1ccc(Br)cc1. The fourth-order valence-electron chi connectivity index (χ4n) is 6.98. The maximum Gasteiger partial charge on any atom is 0.240 e. The van der Waals surface area contributed by atoms with Crippen LogP contribution in [0.3, 0.4) is 0 Å². The predicted octanol–water partition coefficient (Wildman–Crippen LogP) is 8.14. The third-order valence-corrected chi connectivity index (χ3v) is 13.7. The summed E-state index contributed by atoms with van der Waals surface area (Å²) in [7, 11) is -7.08. The number of halogens is 1. The molecule has 0 saturated heterocycles. The van der Waals surface area contributed by atoms with E-state index in [9.17, 15) is 26.4 Å². The first-order valence-electron chi connectivity index (χ1n) is 20.2. The molecule has 2 aliphatic heterocycles. The van der Waals surface area contributed by atoms with Gasteiger partial charge in [0.05, 0.1) is 9.79 Å². The van der Waals surface area contributed by atoms with E-state index >= 15 is 0 Å². The van der Waals surface area contributed by atoms with Crippen LogP contribution in [0.25, 0.3) is 11.1 Å². The minimum Gasteiger partial charge on any atom is -0.312 e. The van der Waals surface area contributed by atoms with Gasteiger partial charge in [-0.1, -0.05) is 77.8 Å². The number of carbonyl (C=O) groups is 2. The van der Waals surface area contributed by atoms with Crippen LogP contribution in [0.1, 0.15) is 54.5 Å². The Bertz CT molecular complexity index is 2700.